The molecule has 0 bridgehead atoms. The van der Waals surface area contributed by atoms with Gasteiger partial charge in [0.05, 0.1) is 18.4 Å². The van der Waals surface area contributed by atoms with Crippen LogP contribution in [0.1, 0.15) is 59.3 Å². The van der Waals surface area contributed by atoms with E-state index in [9.17, 15) is 14.7 Å². The average molecular weight is 531 g/mol. The van der Waals surface area contributed by atoms with E-state index in [1.165, 1.54) is 16.9 Å². The number of aliphatic carboxylic acids is 1. The summed E-state index contributed by atoms with van der Waals surface area (Å²) in [6, 6.07) is 17.9. The molecule has 1 N–H and O–H groups in total. The summed E-state index contributed by atoms with van der Waals surface area (Å²) in [7, 11) is 3.56. The third-order valence-corrected chi connectivity index (χ3v) is 7.35. The number of methoxy groups -OCH3 is 1. The van der Waals surface area contributed by atoms with Crippen LogP contribution in [0.4, 0.5) is 5.95 Å². The molecule has 2 aromatic carbocycles. The molecule has 1 fully saturated rings. The van der Waals surface area contributed by atoms with E-state index >= 15 is 0 Å². The second-order valence-corrected chi connectivity index (χ2v) is 10.3. The first kappa shape index (κ1) is 28.1. The van der Waals surface area contributed by atoms with Crippen molar-refractivity contribution in [1.82, 2.24) is 14.9 Å². The Bertz CT molecular complexity index is 1230. The zero-order chi connectivity index (χ0) is 27.6. The molecule has 8 heteroatoms. The number of hydrogen-bond donors (Lipinski definition) is 1. The maximum absolute atomic E-state index is 13.8. The van der Waals surface area contributed by atoms with Crippen LogP contribution in [0.2, 0.25) is 0 Å². The number of rotatable bonds is 12. The molecule has 206 valence electrons. The van der Waals surface area contributed by atoms with Crippen molar-refractivity contribution in [2.45, 2.75) is 44.9 Å². The van der Waals surface area contributed by atoms with Gasteiger partial charge in [-0.3, -0.25) is 9.59 Å². The number of carboxylic acids is 1. The van der Waals surface area contributed by atoms with E-state index in [-0.39, 0.29) is 12.5 Å². The molecule has 0 radical (unpaired) electrons. The first-order valence-corrected chi connectivity index (χ1v) is 13.7. The molecular formula is C31H38N4O4. The van der Waals surface area contributed by atoms with Crippen molar-refractivity contribution < 1.29 is 19.4 Å². The lowest BCUT2D eigenvalue weighted by Crippen LogP contribution is -2.40. The van der Waals surface area contributed by atoms with E-state index < -0.39 is 5.97 Å². The molecule has 1 aliphatic rings. The SMILES string of the molecule is COc1ccc(Cc2nc(N(C)CCc3ccccc3)ncc2C(=O)N(CC(=O)O)CC2CCCCC2)cc1. The van der Waals surface area contributed by atoms with Crippen LogP contribution in [0.15, 0.2) is 60.8 Å². The monoisotopic (exact) mass is 530 g/mol. The van der Waals surface area contributed by atoms with Gasteiger partial charge in [0, 0.05) is 32.8 Å². The van der Waals surface area contributed by atoms with Crippen LogP contribution in [-0.4, -0.2) is 65.6 Å². The van der Waals surface area contributed by atoms with E-state index in [1.807, 2.05) is 54.4 Å². The zero-order valence-corrected chi connectivity index (χ0v) is 22.9. The lowest BCUT2D eigenvalue weighted by atomic mass is 9.89. The van der Waals surface area contributed by atoms with E-state index in [4.69, 9.17) is 9.72 Å². The normalized spacial score (nSPS) is 13.6. The van der Waals surface area contributed by atoms with E-state index in [2.05, 4.69) is 17.1 Å². The molecular weight excluding hydrogens is 492 g/mol. The fourth-order valence-corrected chi connectivity index (χ4v) is 5.12. The number of carbonyl (C=O) groups excluding carboxylic acids is 1. The highest BCUT2D eigenvalue weighted by Gasteiger charge is 2.27. The van der Waals surface area contributed by atoms with Gasteiger partial charge in [0.1, 0.15) is 12.3 Å². The van der Waals surface area contributed by atoms with Crippen molar-refractivity contribution in [2.75, 3.05) is 38.7 Å². The fraction of sp³-hybridized carbons (Fsp3) is 0.419. The Hall–Kier alpha value is -3.94. The fourth-order valence-electron chi connectivity index (χ4n) is 5.12. The van der Waals surface area contributed by atoms with Gasteiger partial charge in [-0.2, -0.15) is 0 Å². The minimum absolute atomic E-state index is 0.316. The summed E-state index contributed by atoms with van der Waals surface area (Å²) in [6.07, 6.45) is 8.29. The number of hydrogen-bond acceptors (Lipinski definition) is 6. The van der Waals surface area contributed by atoms with Crippen molar-refractivity contribution in [1.29, 1.82) is 0 Å². The highest BCUT2D eigenvalue weighted by molar-refractivity contribution is 5.96. The summed E-state index contributed by atoms with van der Waals surface area (Å²) >= 11 is 0. The van der Waals surface area contributed by atoms with Crippen LogP contribution < -0.4 is 9.64 Å². The summed E-state index contributed by atoms with van der Waals surface area (Å²) in [5.74, 6) is 0.248. The van der Waals surface area contributed by atoms with Gasteiger partial charge in [-0.1, -0.05) is 61.7 Å². The largest absolute Gasteiger partial charge is 0.497 e. The predicted molar refractivity (Wildman–Crippen MR) is 151 cm³/mol. The number of amides is 1. The van der Waals surface area contributed by atoms with Crippen molar-refractivity contribution in [3.63, 3.8) is 0 Å². The van der Waals surface area contributed by atoms with Crippen molar-refractivity contribution >= 4 is 17.8 Å². The Kier molecular flexibility index (Phi) is 9.89. The Balaban J connectivity index is 1.61. The van der Waals surface area contributed by atoms with Gasteiger partial charge >= 0.3 is 5.97 Å². The Labute approximate surface area is 230 Å². The maximum Gasteiger partial charge on any atom is 0.323 e. The van der Waals surface area contributed by atoms with Gasteiger partial charge in [0.2, 0.25) is 5.95 Å². The molecule has 0 atom stereocenters. The van der Waals surface area contributed by atoms with Gasteiger partial charge in [0.15, 0.2) is 0 Å². The minimum atomic E-state index is -1.02. The number of ether oxygens (including phenoxy) is 1. The van der Waals surface area contributed by atoms with Crippen molar-refractivity contribution in [2.24, 2.45) is 5.92 Å². The van der Waals surface area contributed by atoms with Crippen LogP contribution in [0, 0.1) is 5.92 Å². The Morgan fingerprint density at radius 2 is 1.72 bits per heavy atom. The van der Waals surface area contributed by atoms with Crippen LogP contribution in [0.5, 0.6) is 5.75 Å². The molecule has 0 saturated heterocycles. The minimum Gasteiger partial charge on any atom is -0.497 e. The number of anilines is 1. The van der Waals surface area contributed by atoms with Crippen LogP contribution in [-0.2, 0) is 17.6 Å². The molecule has 39 heavy (non-hydrogen) atoms. The predicted octanol–water partition coefficient (Wildman–Crippen LogP) is 4.86. The Morgan fingerprint density at radius 1 is 1.00 bits per heavy atom. The second kappa shape index (κ2) is 13.7. The lowest BCUT2D eigenvalue weighted by molar-refractivity contribution is -0.137. The topological polar surface area (TPSA) is 95.9 Å². The summed E-state index contributed by atoms with van der Waals surface area (Å²) in [5, 5.41) is 9.59. The quantitative estimate of drug-likeness (QED) is 0.357. The molecule has 4 rings (SSSR count). The number of carbonyl (C=O) groups is 2. The van der Waals surface area contributed by atoms with Gasteiger partial charge < -0.3 is 19.6 Å². The molecule has 1 aliphatic carbocycles. The first-order chi connectivity index (χ1) is 18.9. The molecule has 8 nitrogen and oxygen atoms in total. The van der Waals surface area contributed by atoms with E-state index in [0.717, 1.165) is 43.4 Å². The third kappa shape index (κ3) is 8.02. The van der Waals surface area contributed by atoms with Crippen LogP contribution >= 0.6 is 0 Å². The summed E-state index contributed by atoms with van der Waals surface area (Å²) in [5.41, 5.74) is 3.13. The van der Waals surface area contributed by atoms with Crippen LogP contribution in [0.25, 0.3) is 0 Å². The van der Waals surface area contributed by atoms with Gasteiger partial charge in [-0.15, -0.1) is 0 Å². The summed E-state index contributed by atoms with van der Waals surface area (Å²) in [4.78, 5) is 38.4. The second-order valence-electron chi connectivity index (χ2n) is 10.3. The first-order valence-electron chi connectivity index (χ1n) is 13.7. The Morgan fingerprint density at radius 3 is 2.38 bits per heavy atom. The molecule has 0 aliphatic heterocycles. The van der Waals surface area contributed by atoms with Gasteiger partial charge in [0.25, 0.3) is 5.91 Å². The molecule has 3 aromatic rings. The molecule has 1 saturated carbocycles. The molecule has 0 spiro atoms. The average Bonchev–Trinajstić information content (AvgIpc) is 2.96. The maximum atomic E-state index is 13.8. The molecule has 1 aromatic heterocycles. The highest BCUT2D eigenvalue weighted by Crippen LogP contribution is 2.26. The smallest absolute Gasteiger partial charge is 0.323 e. The molecule has 1 heterocycles. The van der Waals surface area contributed by atoms with Crippen molar-refractivity contribution in [3.05, 3.63) is 83.2 Å². The van der Waals surface area contributed by atoms with Crippen molar-refractivity contribution in [3.8, 4) is 5.75 Å². The standard InChI is InChI=1S/C31H38N4O4/c1-34(18-17-23-9-5-3-6-10-23)31-32-20-27(28(33-31)19-24-13-15-26(39-2)16-14-24)30(38)35(22-29(36)37)21-25-11-7-4-8-12-25/h3,5-6,9-10,13-16,20,25H,4,7-8,11-12,17-19,21-22H2,1-2H3,(H,36,37). The zero-order valence-electron chi connectivity index (χ0n) is 22.9. The molecule has 0 unspecified atom stereocenters. The number of likely N-dealkylation sites (N-methyl/N-ethyl adjacent to an activating group) is 1. The van der Waals surface area contributed by atoms with Crippen LogP contribution in [0.3, 0.4) is 0 Å². The molecule has 1 amide bonds. The number of aromatic nitrogens is 2. The lowest BCUT2D eigenvalue weighted by Gasteiger charge is -2.29. The summed E-state index contributed by atoms with van der Waals surface area (Å²) < 4.78 is 5.29. The van der Waals surface area contributed by atoms with E-state index in [1.54, 1.807) is 13.3 Å². The highest BCUT2D eigenvalue weighted by atomic mass is 16.5. The number of nitrogens with zero attached hydrogens (tertiary/aromatic N) is 4. The van der Waals surface area contributed by atoms with E-state index in [0.29, 0.717) is 42.6 Å². The van der Waals surface area contributed by atoms with Gasteiger partial charge in [-0.25, -0.2) is 9.97 Å². The number of benzene rings is 2. The number of carboxylic acid groups (broad SMARTS) is 1. The van der Waals surface area contributed by atoms with Gasteiger partial charge in [-0.05, 0) is 48.4 Å². The third-order valence-electron chi connectivity index (χ3n) is 7.35. The summed E-state index contributed by atoms with van der Waals surface area (Å²) in [6.45, 7) is 0.813.